The van der Waals surface area contributed by atoms with Gasteiger partial charge in [-0.25, -0.2) is 5.48 Å². The van der Waals surface area contributed by atoms with Crippen molar-refractivity contribution in [2.75, 3.05) is 32.1 Å². The number of carbonyl (C=O) groups excluding carboxylic acids is 2. The van der Waals surface area contributed by atoms with E-state index in [1.54, 1.807) is 17.6 Å². The number of amides is 2. The van der Waals surface area contributed by atoms with E-state index in [1.165, 1.54) is 12.1 Å². The van der Waals surface area contributed by atoms with Gasteiger partial charge in [0.25, 0.3) is 11.8 Å². The molecule has 0 aliphatic carbocycles. The van der Waals surface area contributed by atoms with E-state index in [0.29, 0.717) is 23.4 Å². The van der Waals surface area contributed by atoms with Crippen molar-refractivity contribution in [3.63, 3.8) is 0 Å². The first-order valence-corrected chi connectivity index (χ1v) is 8.86. The Hall–Kier alpha value is -3.32. The lowest BCUT2D eigenvalue weighted by atomic mass is 10.0. The lowest BCUT2D eigenvalue weighted by Crippen LogP contribution is -2.29. The van der Waals surface area contributed by atoms with E-state index in [1.807, 2.05) is 56.3 Å². The van der Waals surface area contributed by atoms with Crippen LogP contribution in [-0.4, -0.2) is 44.3 Å². The zero-order chi connectivity index (χ0) is 20.5. The number of carbonyl (C=O) groups is 2. The Morgan fingerprint density at radius 2 is 1.82 bits per heavy atom. The second kappa shape index (κ2) is 10.1. The van der Waals surface area contributed by atoms with Crippen molar-refractivity contribution < 1.29 is 19.5 Å². The van der Waals surface area contributed by atoms with Crippen molar-refractivity contribution in [2.45, 2.75) is 6.92 Å². The van der Waals surface area contributed by atoms with Crippen LogP contribution in [0.15, 0.2) is 48.5 Å². The summed E-state index contributed by atoms with van der Waals surface area (Å²) < 4.78 is 5.57. The van der Waals surface area contributed by atoms with Gasteiger partial charge in [0, 0.05) is 30.9 Å². The Balaban J connectivity index is 1.93. The van der Waals surface area contributed by atoms with Crippen molar-refractivity contribution in [1.82, 2.24) is 10.8 Å². The van der Waals surface area contributed by atoms with Crippen molar-refractivity contribution in [3.05, 3.63) is 65.2 Å². The first kappa shape index (κ1) is 21.0. The maximum atomic E-state index is 12.6. The summed E-state index contributed by atoms with van der Waals surface area (Å²) in [7, 11) is 3.85. The van der Waals surface area contributed by atoms with Gasteiger partial charge < -0.3 is 15.0 Å². The predicted octanol–water partition coefficient (Wildman–Crippen LogP) is 2.71. The Kier molecular flexibility index (Phi) is 7.59. The molecule has 0 aliphatic rings. The number of hydrogen-bond acceptors (Lipinski definition) is 5. The molecule has 0 bridgehead atoms. The van der Waals surface area contributed by atoms with Crippen molar-refractivity contribution >= 4 is 23.6 Å². The molecule has 7 nitrogen and oxygen atoms in total. The fraction of sp³-hybridized carbons (Fsp3) is 0.238. The number of nitrogens with zero attached hydrogens (tertiary/aromatic N) is 1. The molecule has 0 atom stereocenters. The Bertz CT molecular complexity index is 845. The van der Waals surface area contributed by atoms with Gasteiger partial charge in [-0.15, -0.1) is 0 Å². The van der Waals surface area contributed by atoms with Gasteiger partial charge in [-0.1, -0.05) is 18.2 Å². The number of hydroxylamine groups is 1. The summed E-state index contributed by atoms with van der Waals surface area (Å²) in [6, 6.07) is 12.1. The second-order valence-corrected chi connectivity index (χ2v) is 6.24. The van der Waals surface area contributed by atoms with E-state index in [9.17, 15) is 9.59 Å². The lowest BCUT2D eigenvalue weighted by molar-refractivity contribution is 0.0706. The van der Waals surface area contributed by atoms with Crippen molar-refractivity contribution in [1.29, 1.82) is 0 Å². The summed E-state index contributed by atoms with van der Waals surface area (Å²) in [5.74, 6) is -0.195. The minimum absolute atomic E-state index is 0.171. The average Bonchev–Trinajstić information content (AvgIpc) is 2.71. The fourth-order valence-electron chi connectivity index (χ4n) is 2.54. The summed E-state index contributed by atoms with van der Waals surface area (Å²) in [4.78, 5) is 25.8. The smallest absolute Gasteiger partial charge is 0.274 e. The molecule has 7 heteroatoms. The van der Waals surface area contributed by atoms with Crippen LogP contribution in [0.5, 0.6) is 5.75 Å². The van der Waals surface area contributed by atoms with Crippen molar-refractivity contribution in [3.8, 4) is 5.75 Å². The maximum absolute atomic E-state index is 12.6. The highest BCUT2D eigenvalue weighted by Gasteiger charge is 2.11. The molecule has 0 aliphatic heterocycles. The van der Waals surface area contributed by atoms with Crippen LogP contribution >= 0.6 is 0 Å². The molecule has 28 heavy (non-hydrogen) atoms. The monoisotopic (exact) mass is 383 g/mol. The van der Waals surface area contributed by atoms with E-state index in [-0.39, 0.29) is 12.5 Å². The highest BCUT2D eigenvalue weighted by Crippen LogP contribution is 2.19. The first-order valence-electron chi connectivity index (χ1n) is 8.86. The molecule has 2 rings (SSSR count). The summed E-state index contributed by atoms with van der Waals surface area (Å²) in [5.41, 5.74) is 4.29. The van der Waals surface area contributed by atoms with Gasteiger partial charge in [0.05, 0.1) is 6.54 Å². The quantitative estimate of drug-likeness (QED) is 0.370. The number of nitrogens with one attached hydrogen (secondary N) is 2. The maximum Gasteiger partial charge on any atom is 0.274 e. The minimum Gasteiger partial charge on any atom is -0.492 e. The zero-order valence-electron chi connectivity index (χ0n) is 16.2. The van der Waals surface area contributed by atoms with Crippen LogP contribution in [0, 0.1) is 0 Å². The van der Waals surface area contributed by atoms with E-state index < -0.39 is 5.91 Å². The number of benzene rings is 2. The van der Waals surface area contributed by atoms with Gasteiger partial charge in [0.15, 0.2) is 0 Å². The standard InChI is InChI=1S/C21H25N3O4/c1-4-5-15-6-9-17(24(2)3)14-19(15)21(26)22-12-13-28-18-10-7-16(8-11-18)20(25)23-27/h4-11,14,27H,12-13H2,1-3H3,(H,22,26)(H,23,25). The molecule has 3 N–H and O–H groups in total. The summed E-state index contributed by atoms with van der Waals surface area (Å²) >= 11 is 0. The number of allylic oxidation sites excluding steroid dienone is 1. The summed E-state index contributed by atoms with van der Waals surface area (Å²) in [6.45, 7) is 2.52. The number of ether oxygens (including phenoxy) is 1. The van der Waals surface area contributed by atoms with Crippen LogP contribution in [0.25, 0.3) is 6.08 Å². The lowest BCUT2D eigenvalue weighted by Gasteiger charge is -2.15. The molecule has 0 fully saturated rings. The highest BCUT2D eigenvalue weighted by atomic mass is 16.5. The highest BCUT2D eigenvalue weighted by molar-refractivity contribution is 5.98. The largest absolute Gasteiger partial charge is 0.492 e. The first-order chi connectivity index (χ1) is 13.5. The molecular weight excluding hydrogens is 358 g/mol. The molecule has 148 valence electrons. The van der Waals surface area contributed by atoms with E-state index >= 15 is 0 Å². The van der Waals surface area contributed by atoms with Gasteiger partial charge in [0.1, 0.15) is 12.4 Å². The van der Waals surface area contributed by atoms with Crippen LogP contribution < -0.4 is 20.4 Å². The third-order valence-corrected chi connectivity index (χ3v) is 4.02. The third-order valence-electron chi connectivity index (χ3n) is 4.02. The molecule has 0 unspecified atom stereocenters. The Labute approximate surface area is 164 Å². The van der Waals surface area contributed by atoms with E-state index in [2.05, 4.69) is 5.32 Å². The van der Waals surface area contributed by atoms with Gasteiger partial charge in [-0.05, 0) is 48.9 Å². The van der Waals surface area contributed by atoms with Crippen molar-refractivity contribution in [2.24, 2.45) is 0 Å². The number of hydrogen-bond donors (Lipinski definition) is 3. The van der Waals surface area contributed by atoms with Gasteiger partial charge in [-0.3, -0.25) is 14.8 Å². The Morgan fingerprint density at radius 3 is 2.43 bits per heavy atom. The zero-order valence-corrected chi connectivity index (χ0v) is 16.2. The molecular formula is C21H25N3O4. The van der Waals surface area contributed by atoms with Crippen LogP contribution in [0.1, 0.15) is 33.2 Å². The van der Waals surface area contributed by atoms with E-state index in [4.69, 9.17) is 9.94 Å². The molecule has 0 heterocycles. The molecule has 0 saturated heterocycles. The van der Waals surface area contributed by atoms with Crippen LogP contribution in [0.2, 0.25) is 0 Å². The molecule has 2 amide bonds. The van der Waals surface area contributed by atoms with Crippen LogP contribution in [0.4, 0.5) is 5.69 Å². The average molecular weight is 383 g/mol. The molecule has 0 spiro atoms. The minimum atomic E-state index is -0.587. The molecule has 0 radical (unpaired) electrons. The fourth-order valence-corrected chi connectivity index (χ4v) is 2.54. The van der Waals surface area contributed by atoms with Gasteiger partial charge in [0.2, 0.25) is 0 Å². The Morgan fingerprint density at radius 1 is 1.11 bits per heavy atom. The number of rotatable bonds is 8. The third kappa shape index (κ3) is 5.59. The molecule has 0 aromatic heterocycles. The second-order valence-electron chi connectivity index (χ2n) is 6.24. The molecule has 0 saturated carbocycles. The summed E-state index contributed by atoms with van der Waals surface area (Å²) in [5, 5.41) is 11.5. The topological polar surface area (TPSA) is 90.9 Å². The molecule has 2 aromatic carbocycles. The predicted molar refractivity (Wildman–Crippen MR) is 109 cm³/mol. The van der Waals surface area contributed by atoms with Gasteiger partial charge >= 0.3 is 0 Å². The number of anilines is 1. The van der Waals surface area contributed by atoms with E-state index in [0.717, 1.165) is 11.3 Å². The SMILES string of the molecule is CC=Cc1ccc(N(C)C)cc1C(=O)NCCOc1ccc(C(=O)NO)cc1. The van der Waals surface area contributed by atoms with Crippen LogP contribution in [-0.2, 0) is 0 Å². The van der Waals surface area contributed by atoms with Gasteiger partial charge in [-0.2, -0.15) is 0 Å². The normalized spacial score (nSPS) is 10.6. The molecule has 2 aromatic rings. The summed E-state index contributed by atoms with van der Waals surface area (Å²) in [6.07, 6.45) is 3.79. The van der Waals surface area contributed by atoms with Crippen LogP contribution in [0.3, 0.4) is 0 Å².